The zero-order chi connectivity index (χ0) is 22.5. The average molecular weight is 469 g/mol. The minimum Gasteiger partial charge on any atom is -0.344 e. The topological polar surface area (TPSA) is 74.3 Å². The van der Waals surface area contributed by atoms with Gasteiger partial charge in [0.25, 0.3) is 0 Å². The van der Waals surface area contributed by atoms with Crippen LogP contribution in [0.3, 0.4) is 0 Å². The summed E-state index contributed by atoms with van der Waals surface area (Å²) in [5.41, 5.74) is 4.97. The Kier molecular flexibility index (Phi) is 7.19. The van der Waals surface area contributed by atoms with Gasteiger partial charge in [-0.05, 0) is 66.6 Å². The van der Waals surface area contributed by atoms with Crippen LogP contribution in [0.2, 0.25) is 5.02 Å². The van der Waals surface area contributed by atoms with E-state index in [1.165, 1.54) is 31.5 Å². The summed E-state index contributed by atoms with van der Waals surface area (Å²) in [6.07, 6.45) is 2.57. The maximum atomic E-state index is 12.3. The first-order valence-corrected chi connectivity index (χ1v) is 11.8. The SMILES string of the molecule is Cc1nsc(NC(=O)C(=O)NCc2ccccc2-c2ccc(CN3CCCC3)cc2)c1Cl. The Balaban J connectivity index is 1.39. The van der Waals surface area contributed by atoms with E-state index in [0.29, 0.717) is 15.7 Å². The molecule has 1 saturated heterocycles. The third-order valence-electron chi connectivity index (χ3n) is 5.55. The summed E-state index contributed by atoms with van der Waals surface area (Å²) >= 11 is 7.13. The van der Waals surface area contributed by atoms with Gasteiger partial charge in [0.05, 0.1) is 10.7 Å². The predicted octanol–water partition coefficient (Wildman–Crippen LogP) is 4.62. The van der Waals surface area contributed by atoms with E-state index >= 15 is 0 Å². The molecule has 32 heavy (non-hydrogen) atoms. The molecule has 0 aliphatic carbocycles. The van der Waals surface area contributed by atoms with Crippen LogP contribution in [0.15, 0.2) is 48.5 Å². The van der Waals surface area contributed by atoms with Gasteiger partial charge in [-0.3, -0.25) is 14.5 Å². The first-order valence-electron chi connectivity index (χ1n) is 10.6. The van der Waals surface area contributed by atoms with Crippen LogP contribution in [0.25, 0.3) is 11.1 Å². The van der Waals surface area contributed by atoms with Gasteiger partial charge in [-0.2, -0.15) is 4.37 Å². The first kappa shape index (κ1) is 22.5. The molecule has 6 nitrogen and oxygen atoms in total. The lowest BCUT2D eigenvalue weighted by Gasteiger charge is -2.15. The fourth-order valence-electron chi connectivity index (χ4n) is 3.80. The van der Waals surface area contributed by atoms with E-state index in [0.717, 1.165) is 34.8 Å². The highest BCUT2D eigenvalue weighted by Crippen LogP contribution is 2.29. The summed E-state index contributed by atoms with van der Waals surface area (Å²) in [6, 6.07) is 16.4. The van der Waals surface area contributed by atoms with Crippen LogP contribution < -0.4 is 10.6 Å². The van der Waals surface area contributed by atoms with Crippen molar-refractivity contribution >= 4 is 39.9 Å². The third-order valence-corrected chi connectivity index (χ3v) is 6.98. The number of hydrogen-bond donors (Lipinski definition) is 2. The number of rotatable bonds is 6. The first-order chi connectivity index (χ1) is 15.5. The number of carbonyl (C=O) groups excluding carboxylic acids is 2. The molecule has 0 radical (unpaired) electrons. The molecule has 0 atom stereocenters. The molecule has 2 N–H and O–H groups in total. The lowest BCUT2D eigenvalue weighted by atomic mass is 9.98. The molecule has 3 aromatic rings. The molecule has 4 rings (SSSR count). The second-order valence-corrected chi connectivity index (χ2v) is 9.04. The lowest BCUT2D eigenvalue weighted by molar-refractivity contribution is -0.136. The number of benzene rings is 2. The Morgan fingerprint density at radius 2 is 1.78 bits per heavy atom. The summed E-state index contributed by atoms with van der Waals surface area (Å²) in [5.74, 6) is -1.48. The highest BCUT2D eigenvalue weighted by atomic mass is 35.5. The molecule has 1 fully saturated rings. The monoisotopic (exact) mass is 468 g/mol. The van der Waals surface area contributed by atoms with Crippen molar-refractivity contribution in [2.24, 2.45) is 0 Å². The lowest BCUT2D eigenvalue weighted by Crippen LogP contribution is -2.34. The molecule has 0 saturated carbocycles. The van der Waals surface area contributed by atoms with E-state index in [1.54, 1.807) is 6.92 Å². The molecule has 166 valence electrons. The van der Waals surface area contributed by atoms with E-state index in [-0.39, 0.29) is 6.54 Å². The van der Waals surface area contributed by atoms with Crippen molar-refractivity contribution < 1.29 is 9.59 Å². The van der Waals surface area contributed by atoms with Crippen LogP contribution in [-0.4, -0.2) is 34.2 Å². The van der Waals surface area contributed by atoms with Crippen molar-refractivity contribution in [3.8, 4) is 11.1 Å². The molecular weight excluding hydrogens is 444 g/mol. The summed E-state index contributed by atoms with van der Waals surface area (Å²) in [5, 5.41) is 5.95. The molecule has 0 spiro atoms. The number of carbonyl (C=O) groups is 2. The molecule has 1 aliphatic rings. The maximum absolute atomic E-state index is 12.3. The maximum Gasteiger partial charge on any atom is 0.314 e. The average Bonchev–Trinajstić information content (AvgIpc) is 3.43. The van der Waals surface area contributed by atoms with Gasteiger partial charge in [0.1, 0.15) is 5.00 Å². The Bertz CT molecular complexity index is 1110. The minimum atomic E-state index is -0.765. The molecule has 1 aliphatic heterocycles. The zero-order valence-electron chi connectivity index (χ0n) is 17.9. The van der Waals surface area contributed by atoms with E-state index in [4.69, 9.17) is 11.6 Å². The number of nitrogens with zero attached hydrogens (tertiary/aromatic N) is 2. The Morgan fingerprint density at radius 1 is 1.06 bits per heavy atom. The number of hydrogen-bond acceptors (Lipinski definition) is 5. The Labute approximate surface area is 196 Å². The second kappa shape index (κ2) is 10.3. The third kappa shape index (κ3) is 5.35. The number of aromatic nitrogens is 1. The van der Waals surface area contributed by atoms with Crippen molar-refractivity contribution in [1.82, 2.24) is 14.6 Å². The molecule has 2 amide bonds. The summed E-state index contributed by atoms with van der Waals surface area (Å²) in [4.78, 5) is 27.0. The van der Waals surface area contributed by atoms with Crippen LogP contribution >= 0.6 is 23.1 Å². The molecular formula is C24H25ClN4O2S. The van der Waals surface area contributed by atoms with Gasteiger partial charge in [0.2, 0.25) is 0 Å². The van der Waals surface area contributed by atoms with Gasteiger partial charge in [-0.25, -0.2) is 0 Å². The van der Waals surface area contributed by atoms with E-state index in [9.17, 15) is 9.59 Å². The Hall–Kier alpha value is -2.74. The van der Waals surface area contributed by atoms with Crippen LogP contribution in [0.5, 0.6) is 0 Å². The predicted molar refractivity (Wildman–Crippen MR) is 129 cm³/mol. The van der Waals surface area contributed by atoms with Gasteiger partial charge in [-0.1, -0.05) is 60.1 Å². The van der Waals surface area contributed by atoms with Gasteiger partial charge >= 0.3 is 11.8 Å². The molecule has 2 aromatic carbocycles. The number of halogens is 1. The van der Waals surface area contributed by atoms with E-state index < -0.39 is 11.8 Å². The van der Waals surface area contributed by atoms with Gasteiger partial charge in [0, 0.05) is 13.1 Å². The Morgan fingerprint density at radius 3 is 2.47 bits per heavy atom. The minimum absolute atomic E-state index is 0.243. The smallest absolute Gasteiger partial charge is 0.314 e. The normalized spacial score (nSPS) is 13.8. The number of amides is 2. The molecule has 0 bridgehead atoms. The second-order valence-electron chi connectivity index (χ2n) is 7.89. The highest BCUT2D eigenvalue weighted by molar-refractivity contribution is 7.11. The van der Waals surface area contributed by atoms with Crippen molar-refractivity contribution in [3.63, 3.8) is 0 Å². The van der Waals surface area contributed by atoms with Crippen molar-refractivity contribution in [2.75, 3.05) is 18.4 Å². The quantitative estimate of drug-likeness (QED) is 0.517. The van der Waals surface area contributed by atoms with Crippen molar-refractivity contribution in [2.45, 2.75) is 32.9 Å². The fraction of sp³-hybridized carbons (Fsp3) is 0.292. The standard InChI is InChI=1S/C24H25ClN4O2S/c1-16-21(25)24(32-28-16)27-23(31)22(30)26-14-19-6-2-3-7-20(19)18-10-8-17(9-11-18)15-29-12-4-5-13-29/h2-3,6-11H,4-5,12-15H2,1H3,(H,26,30)(H,27,31). The largest absolute Gasteiger partial charge is 0.344 e. The molecule has 1 aromatic heterocycles. The fourth-order valence-corrected chi connectivity index (χ4v) is 4.73. The summed E-state index contributed by atoms with van der Waals surface area (Å²) in [6.45, 7) is 5.31. The van der Waals surface area contributed by atoms with Gasteiger partial charge in [0.15, 0.2) is 0 Å². The van der Waals surface area contributed by atoms with Crippen molar-refractivity contribution in [1.29, 1.82) is 0 Å². The molecule has 0 unspecified atom stereocenters. The van der Waals surface area contributed by atoms with E-state index in [2.05, 4.69) is 44.2 Å². The summed E-state index contributed by atoms with van der Waals surface area (Å²) in [7, 11) is 0. The van der Waals surface area contributed by atoms with E-state index in [1.807, 2.05) is 24.3 Å². The summed E-state index contributed by atoms with van der Waals surface area (Å²) < 4.78 is 4.06. The molecule has 2 heterocycles. The highest BCUT2D eigenvalue weighted by Gasteiger charge is 2.18. The van der Waals surface area contributed by atoms with Crippen LogP contribution in [-0.2, 0) is 22.7 Å². The van der Waals surface area contributed by atoms with Crippen LogP contribution in [0.1, 0.15) is 29.7 Å². The number of aryl methyl sites for hydroxylation is 1. The van der Waals surface area contributed by atoms with Crippen molar-refractivity contribution in [3.05, 3.63) is 70.4 Å². The van der Waals surface area contributed by atoms with Gasteiger partial charge in [-0.15, -0.1) is 0 Å². The van der Waals surface area contributed by atoms with Gasteiger partial charge < -0.3 is 10.6 Å². The van der Waals surface area contributed by atoms with Crippen LogP contribution in [0, 0.1) is 6.92 Å². The number of anilines is 1. The molecule has 8 heteroatoms. The van der Waals surface area contributed by atoms with Crippen LogP contribution in [0.4, 0.5) is 5.00 Å². The number of nitrogens with one attached hydrogen (secondary N) is 2. The zero-order valence-corrected chi connectivity index (χ0v) is 19.4. The number of likely N-dealkylation sites (tertiary alicyclic amines) is 1.